The Morgan fingerprint density at radius 3 is 2.11 bits per heavy atom. The normalized spacial score (nSPS) is 10.5. The molecule has 0 bridgehead atoms. The van der Waals surface area contributed by atoms with Crippen molar-refractivity contribution in [3.05, 3.63) is 62.0 Å². The Kier molecular flexibility index (Phi) is 5.02. The second-order valence-electron chi connectivity index (χ2n) is 4.37. The molecule has 2 rings (SSSR count). The molecule has 0 aliphatic carbocycles. The summed E-state index contributed by atoms with van der Waals surface area (Å²) in [6, 6.07) is 12.3. The van der Waals surface area contributed by atoms with Crippen molar-refractivity contribution in [2.24, 2.45) is 5.73 Å². The van der Waals surface area contributed by atoms with E-state index in [2.05, 4.69) is 63.0 Å². The highest BCUT2D eigenvalue weighted by molar-refractivity contribution is 9.11. The summed E-state index contributed by atoms with van der Waals surface area (Å²) in [5.41, 5.74) is 9.09. The highest BCUT2D eigenvalue weighted by Crippen LogP contribution is 2.35. The molecule has 0 saturated carbocycles. The minimum absolute atomic E-state index is 0.509. The van der Waals surface area contributed by atoms with Crippen molar-refractivity contribution in [2.45, 2.75) is 20.1 Å². The molecule has 0 amide bonds. The van der Waals surface area contributed by atoms with E-state index >= 15 is 0 Å². The summed E-state index contributed by atoms with van der Waals surface area (Å²) < 4.78 is 7.68. The molecule has 2 aromatic rings. The molecule has 0 aliphatic rings. The van der Waals surface area contributed by atoms with Crippen LogP contribution in [0.4, 0.5) is 0 Å². The summed E-state index contributed by atoms with van der Waals surface area (Å²) in [5.74, 6) is 0.803. The van der Waals surface area contributed by atoms with Crippen LogP contribution in [-0.2, 0) is 13.2 Å². The van der Waals surface area contributed by atoms with Gasteiger partial charge >= 0.3 is 0 Å². The van der Waals surface area contributed by atoms with Crippen LogP contribution < -0.4 is 10.5 Å². The summed E-state index contributed by atoms with van der Waals surface area (Å²) in [6.45, 7) is 3.12. The summed E-state index contributed by atoms with van der Waals surface area (Å²) in [7, 11) is 0. The van der Waals surface area contributed by atoms with E-state index in [1.165, 1.54) is 5.56 Å². The summed E-state index contributed by atoms with van der Waals surface area (Å²) >= 11 is 7.03. The highest BCUT2D eigenvalue weighted by atomic mass is 79.9. The second kappa shape index (κ2) is 6.55. The monoisotopic (exact) mass is 383 g/mol. The number of ether oxygens (including phenoxy) is 1. The van der Waals surface area contributed by atoms with E-state index in [1.54, 1.807) is 0 Å². The predicted octanol–water partition coefficient (Wildman–Crippen LogP) is 4.56. The third-order valence-electron chi connectivity index (χ3n) is 2.80. The summed E-state index contributed by atoms with van der Waals surface area (Å²) in [4.78, 5) is 0. The quantitative estimate of drug-likeness (QED) is 0.838. The van der Waals surface area contributed by atoms with Crippen molar-refractivity contribution in [3.8, 4) is 5.75 Å². The molecule has 2 nitrogen and oxygen atoms in total. The Hall–Kier alpha value is -0.840. The SMILES string of the molecule is Cc1ccc(COc2c(Br)cc(CN)cc2Br)cc1. The van der Waals surface area contributed by atoms with E-state index < -0.39 is 0 Å². The van der Waals surface area contributed by atoms with E-state index in [9.17, 15) is 0 Å². The molecule has 0 radical (unpaired) electrons. The van der Waals surface area contributed by atoms with E-state index in [4.69, 9.17) is 10.5 Å². The Morgan fingerprint density at radius 2 is 1.58 bits per heavy atom. The lowest BCUT2D eigenvalue weighted by atomic mass is 10.2. The first-order valence-corrected chi connectivity index (χ1v) is 7.55. The second-order valence-corrected chi connectivity index (χ2v) is 6.08. The van der Waals surface area contributed by atoms with Gasteiger partial charge in [-0.3, -0.25) is 0 Å². The minimum Gasteiger partial charge on any atom is -0.487 e. The van der Waals surface area contributed by atoms with Gasteiger partial charge < -0.3 is 10.5 Å². The Morgan fingerprint density at radius 1 is 1.00 bits per heavy atom. The van der Waals surface area contributed by atoms with Gasteiger partial charge in [-0.1, -0.05) is 29.8 Å². The van der Waals surface area contributed by atoms with Gasteiger partial charge in [0.1, 0.15) is 12.4 Å². The largest absolute Gasteiger partial charge is 0.487 e. The van der Waals surface area contributed by atoms with E-state index in [1.807, 2.05) is 12.1 Å². The van der Waals surface area contributed by atoms with Crippen LogP contribution in [0.25, 0.3) is 0 Å². The van der Waals surface area contributed by atoms with Gasteiger partial charge in [0.15, 0.2) is 0 Å². The number of hydrogen-bond donors (Lipinski definition) is 1. The molecule has 4 heteroatoms. The molecule has 0 heterocycles. The van der Waals surface area contributed by atoms with Gasteiger partial charge in [-0.25, -0.2) is 0 Å². The van der Waals surface area contributed by atoms with Crippen LogP contribution in [0.5, 0.6) is 5.75 Å². The number of aryl methyl sites for hydroxylation is 1. The van der Waals surface area contributed by atoms with Crippen LogP contribution in [0.1, 0.15) is 16.7 Å². The number of nitrogens with two attached hydrogens (primary N) is 1. The number of benzene rings is 2. The maximum atomic E-state index is 5.86. The van der Waals surface area contributed by atoms with Crippen molar-refractivity contribution in [3.63, 3.8) is 0 Å². The van der Waals surface area contributed by atoms with Crippen molar-refractivity contribution in [2.75, 3.05) is 0 Å². The lowest BCUT2D eigenvalue weighted by Gasteiger charge is -2.12. The van der Waals surface area contributed by atoms with E-state index in [0.29, 0.717) is 13.2 Å². The van der Waals surface area contributed by atoms with Gasteiger partial charge in [-0.05, 0) is 62.0 Å². The van der Waals surface area contributed by atoms with Crippen LogP contribution in [-0.4, -0.2) is 0 Å². The lowest BCUT2D eigenvalue weighted by molar-refractivity contribution is 0.302. The van der Waals surface area contributed by atoms with Gasteiger partial charge in [0.2, 0.25) is 0 Å². The smallest absolute Gasteiger partial charge is 0.148 e. The summed E-state index contributed by atoms with van der Waals surface area (Å²) in [5, 5.41) is 0. The average molecular weight is 385 g/mol. The van der Waals surface area contributed by atoms with Gasteiger partial charge in [0.25, 0.3) is 0 Å². The van der Waals surface area contributed by atoms with Crippen LogP contribution >= 0.6 is 31.9 Å². The first-order valence-electron chi connectivity index (χ1n) is 5.96. The van der Waals surface area contributed by atoms with Crippen molar-refractivity contribution in [1.82, 2.24) is 0 Å². The van der Waals surface area contributed by atoms with Crippen molar-refractivity contribution in [1.29, 1.82) is 0 Å². The van der Waals surface area contributed by atoms with Crippen molar-refractivity contribution >= 4 is 31.9 Å². The molecule has 0 atom stereocenters. The first-order chi connectivity index (χ1) is 9.10. The zero-order valence-electron chi connectivity index (χ0n) is 10.6. The molecule has 0 fully saturated rings. The fourth-order valence-electron chi connectivity index (χ4n) is 1.71. The lowest BCUT2D eigenvalue weighted by Crippen LogP contribution is -2.00. The molecule has 0 spiro atoms. The molecule has 0 aliphatic heterocycles. The Balaban J connectivity index is 2.13. The highest BCUT2D eigenvalue weighted by Gasteiger charge is 2.08. The van der Waals surface area contributed by atoms with Crippen LogP contribution in [0.2, 0.25) is 0 Å². The fourth-order valence-corrected chi connectivity index (χ4v) is 3.22. The van der Waals surface area contributed by atoms with Gasteiger partial charge in [-0.2, -0.15) is 0 Å². The van der Waals surface area contributed by atoms with Crippen LogP contribution in [0, 0.1) is 6.92 Å². The maximum Gasteiger partial charge on any atom is 0.148 e. The molecule has 2 aromatic carbocycles. The molecular weight excluding hydrogens is 370 g/mol. The van der Waals surface area contributed by atoms with Crippen molar-refractivity contribution < 1.29 is 4.74 Å². The topological polar surface area (TPSA) is 35.2 Å². The van der Waals surface area contributed by atoms with Gasteiger partial charge in [0.05, 0.1) is 8.95 Å². The van der Waals surface area contributed by atoms with E-state index in [0.717, 1.165) is 25.8 Å². The molecule has 100 valence electrons. The van der Waals surface area contributed by atoms with Crippen LogP contribution in [0.3, 0.4) is 0 Å². The molecule has 0 saturated heterocycles. The zero-order chi connectivity index (χ0) is 13.8. The number of hydrogen-bond acceptors (Lipinski definition) is 2. The fraction of sp³-hybridized carbons (Fsp3) is 0.200. The Labute approximate surface area is 130 Å². The molecule has 0 aromatic heterocycles. The van der Waals surface area contributed by atoms with Gasteiger partial charge in [-0.15, -0.1) is 0 Å². The van der Waals surface area contributed by atoms with E-state index in [-0.39, 0.29) is 0 Å². The minimum atomic E-state index is 0.509. The Bertz CT molecular complexity index is 544. The predicted molar refractivity (Wildman–Crippen MR) is 85.2 cm³/mol. The summed E-state index contributed by atoms with van der Waals surface area (Å²) in [6.07, 6.45) is 0. The third-order valence-corrected chi connectivity index (χ3v) is 3.98. The molecule has 0 unspecified atom stereocenters. The first kappa shape index (κ1) is 14.6. The average Bonchev–Trinajstić information content (AvgIpc) is 2.39. The third kappa shape index (κ3) is 3.81. The van der Waals surface area contributed by atoms with Gasteiger partial charge in [0, 0.05) is 6.54 Å². The zero-order valence-corrected chi connectivity index (χ0v) is 13.8. The number of rotatable bonds is 4. The molecular formula is C15H15Br2NO. The number of halogens is 2. The molecule has 19 heavy (non-hydrogen) atoms. The maximum absolute atomic E-state index is 5.86. The molecule has 2 N–H and O–H groups in total. The van der Waals surface area contributed by atoms with Crippen LogP contribution in [0.15, 0.2) is 45.3 Å². The standard InChI is InChI=1S/C15H15Br2NO/c1-10-2-4-11(5-3-10)9-19-15-13(16)6-12(8-18)7-14(15)17/h2-7H,8-9,18H2,1H3.